The van der Waals surface area contributed by atoms with Crippen LogP contribution in [0.5, 0.6) is 0 Å². The van der Waals surface area contributed by atoms with Gasteiger partial charge in [-0.2, -0.15) is 10.2 Å². The number of benzene rings is 4. The van der Waals surface area contributed by atoms with E-state index >= 15 is 0 Å². The van der Waals surface area contributed by atoms with E-state index in [1.165, 1.54) is 23.5 Å². The number of thioether (sulfide) groups is 2. The van der Waals surface area contributed by atoms with Crippen LogP contribution in [0.1, 0.15) is 46.2 Å². The maximum Gasteiger partial charge on any atom is 0.319 e. The molecule has 0 saturated carbocycles. The molecule has 0 heterocycles. The van der Waals surface area contributed by atoms with E-state index in [0.29, 0.717) is 33.4 Å². The molecule has 6 rings (SSSR count). The SMILES string of the molecule is CSc1cc(-c2ccc(C3(C(=O)O)CC(=NN)C(=N)c4ccccc43)c(SC)c2)ccc1C1(C(=O)O)CC(=NN)C(=N)c2ccccc21. The summed E-state index contributed by atoms with van der Waals surface area (Å²) >= 11 is 2.83. The van der Waals surface area contributed by atoms with Crippen LogP contribution < -0.4 is 11.7 Å². The number of carboxylic acids is 2. The van der Waals surface area contributed by atoms with Crippen LogP contribution >= 0.6 is 23.5 Å². The molecule has 2 unspecified atom stereocenters. The monoisotopic (exact) mass is 676 g/mol. The molecule has 4 aromatic carbocycles. The van der Waals surface area contributed by atoms with Gasteiger partial charge in [-0.3, -0.25) is 20.4 Å². The Kier molecular flexibility index (Phi) is 8.48. The van der Waals surface area contributed by atoms with Gasteiger partial charge in [-0.05, 0) is 58.0 Å². The van der Waals surface area contributed by atoms with Gasteiger partial charge in [-0.25, -0.2) is 0 Å². The summed E-state index contributed by atoms with van der Waals surface area (Å²) in [6, 6.07) is 25.2. The lowest BCUT2D eigenvalue weighted by atomic mass is 9.64. The predicted octanol–water partition coefficient (Wildman–Crippen LogP) is 5.71. The van der Waals surface area contributed by atoms with Gasteiger partial charge < -0.3 is 21.9 Å². The topological polar surface area (TPSA) is 199 Å². The molecule has 2 aliphatic rings. The number of hydrogen-bond acceptors (Lipinski definition) is 10. The quantitative estimate of drug-likeness (QED) is 0.0812. The van der Waals surface area contributed by atoms with Crippen LogP contribution in [-0.4, -0.2) is 57.5 Å². The first-order valence-corrected chi connectivity index (χ1v) is 17.3. The largest absolute Gasteiger partial charge is 0.480 e. The smallest absolute Gasteiger partial charge is 0.319 e. The Labute approximate surface area is 285 Å². The van der Waals surface area contributed by atoms with Gasteiger partial charge in [-0.15, -0.1) is 23.5 Å². The molecule has 0 spiro atoms. The highest BCUT2D eigenvalue weighted by Crippen LogP contribution is 2.48. The zero-order valence-corrected chi connectivity index (χ0v) is 27.7. The lowest BCUT2D eigenvalue weighted by Gasteiger charge is -2.38. The number of rotatable bonds is 7. The number of nitrogens with two attached hydrogens (primary N) is 2. The summed E-state index contributed by atoms with van der Waals surface area (Å²) in [5.74, 6) is 9.22. The number of hydrazone groups is 2. The van der Waals surface area contributed by atoms with Crippen molar-refractivity contribution in [2.45, 2.75) is 33.5 Å². The molecule has 0 aliphatic heterocycles. The highest BCUT2D eigenvalue weighted by molar-refractivity contribution is 7.98. The fraction of sp³-hybridized carbons (Fsp3) is 0.167. The Morgan fingerprint density at radius 2 is 1.02 bits per heavy atom. The summed E-state index contributed by atoms with van der Waals surface area (Å²) in [6.45, 7) is 0. The molecule has 0 radical (unpaired) electrons. The number of fused-ring (bicyclic) bond motifs is 2. The Balaban J connectivity index is 1.51. The Morgan fingerprint density at radius 1 is 0.646 bits per heavy atom. The van der Waals surface area contributed by atoms with E-state index in [9.17, 15) is 19.8 Å². The number of aliphatic carboxylic acids is 2. The van der Waals surface area contributed by atoms with Crippen molar-refractivity contribution in [1.29, 1.82) is 10.8 Å². The molecule has 0 fully saturated rings. The number of nitrogens with zero attached hydrogens (tertiary/aromatic N) is 2. The summed E-state index contributed by atoms with van der Waals surface area (Å²) < 4.78 is 0. The summed E-state index contributed by atoms with van der Waals surface area (Å²) in [4.78, 5) is 28.0. The third kappa shape index (κ3) is 4.74. The maximum absolute atomic E-state index is 13.3. The van der Waals surface area contributed by atoms with E-state index in [1.54, 1.807) is 48.5 Å². The van der Waals surface area contributed by atoms with Crippen LogP contribution in [0.25, 0.3) is 11.1 Å². The first-order valence-electron chi connectivity index (χ1n) is 14.8. The van der Waals surface area contributed by atoms with Crippen LogP contribution in [0.4, 0.5) is 0 Å². The van der Waals surface area contributed by atoms with E-state index < -0.39 is 22.8 Å². The molecule has 2 atom stereocenters. The van der Waals surface area contributed by atoms with Gasteiger partial charge in [0.05, 0.1) is 22.8 Å². The zero-order valence-electron chi connectivity index (χ0n) is 26.1. The van der Waals surface area contributed by atoms with Crippen molar-refractivity contribution in [3.63, 3.8) is 0 Å². The second kappa shape index (κ2) is 12.4. The number of carboxylic acid groups (broad SMARTS) is 2. The molecule has 2 aliphatic carbocycles. The molecular formula is C36H32N6O4S2. The van der Waals surface area contributed by atoms with Gasteiger partial charge >= 0.3 is 11.9 Å². The molecule has 10 nitrogen and oxygen atoms in total. The predicted molar refractivity (Wildman–Crippen MR) is 191 cm³/mol. The average Bonchev–Trinajstić information content (AvgIpc) is 3.11. The van der Waals surface area contributed by atoms with Crippen LogP contribution in [-0.2, 0) is 20.4 Å². The summed E-state index contributed by atoms with van der Waals surface area (Å²) in [5, 5.41) is 46.6. The summed E-state index contributed by atoms with van der Waals surface area (Å²) in [6.07, 6.45) is 3.62. The minimum Gasteiger partial charge on any atom is -0.480 e. The maximum atomic E-state index is 13.3. The van der Waals surface area contributed by atoms with Gasteiger partial charge in [-0.1, -0.05) is 72.8 Å². The Bertz CT molecular complexity index is 1960. The van der Waals surface area contributed by atoms with Crippen molar-refractivity contribution in [2.24, 2.45) is 21.9 Å². The van der Waals surface area contributed by atoms with Crippen LogP contribution in [0.15, 0.2) is 105 Å². The third-order valence-corrected chi connectivity index (χ3v) is 11.0. The third-order valence-electron chi connectivity index (χ3n) is 9.45. The number of nitrogens with one attached hydrogen (secondary N) is 2. The van der Waals surface area contributed by atoms with Gasteiger partial charge in [0, 0.05) is 33.8 Å². The second-order valence-electron chi connectivity index (χ2n) is 11.6. The van der Waals surface area contributed by atoms with Crippen molar-refractivity contribution in [2.75, 3.05) is 12.5 Å². The standard InChI is InChI=1S/C36H32N6O4S2/c1-47-29-15-19(11-13-25(29)35(33(43)44)17-27(41-39)31(37)21-7-3-5-9-23(21)35)20-12-14-26(30(16-20)48-2)36(34(45)46)18-28(42-40)32(38)22-8-4-6-10-24(22)36/h3-16,37-38H,17-18,39-40H2,1-2H3,(H,43,44)(H,45,46). The van der Waals surface area contributed by atoms with Crippen LogP contribution in [0.2, 0.25) is 0 Å². The molecular weight excluding hydrogens is 645 g/mol. The molecule has 48 heavy (non-hydrogen) atoms. The normalized spacial score (nSPS) is 22.0. The molecule has 8 N–H and O–H groups in total. The van der Waals surface area contributed by atoms with Gasteiger partial charge in [0.1, 0.15) is 10.8 Å². The molecule has 242 valence electrons. The number of carbonyl (C=O) groups is 2. The fourth-order valence-electron chi connectivity index (χ4n) is 7.09. The van der Waals surface area contributed by atoms with Gasteiger partial charge in [0.25, 0.3) is 0 Å². The van der Waals surface area contributed by atoms with Crippen molar-refractivity contribution in [1.82, 2.24) is 0 Å². The minimum absolute atomic E-state index is 0.0722. The minimum atomic E-state index is -1.53. The van der Waals surface area contributed by atoms with Crippen molar-refractivity contribution in [3.05, 3.63) is 118 Å². The van der Waals surface area contributed by atoms with Gasteiger partial charge in [0.2, 0.25) is 0 Å². The summed E-state index contributed by atoms with van der Waals surface area (Å²) in [5.41, 5.74) is 2.31. The van der Waals surface area contributed by atoms with Crippen molar-refractivity contribution in [3.8, 4) is 11.1 Å². The van der Waals surface area contributed by atoms with E-state index in [1.807, 2.05) is 48.9 Å². The highest BCUT2D eigenvalue weighted by Gasteiger charge is 2.51. The van der Waals surface area contributed by atoms with Crippen molar-refractivity contribution >= 4 is 58.3 Å². The molecule has 4 aromatic rings. The van der Waals surface area contributed by atoms with E-state index in [-0.39, 0.29) is 35.7 Å². The summed E-state index contributed by atoms with van der Waals surface area (Å²) in [7, 11) is 0. The van der Waals surface area contributed by atoms with Crippen LogP contribution in [0, 0.1) is 10.8 Å². The first-order chi connectivity index (χ1) is 23.1. The molecule has 12 heteroatoms. The Hall–Kier alpha value is -5.20. The molecule has 0 saturated heterocycles. The van der Waals surface area contributed by atoms with E-state index in [2.05, 4.69) is 10.2 Å². The highest BCUT2D eigenvalue weighted by atomic mass is 32.2. The van der Waals surface area contributed by atoms with E-state index in [4.69, 9.17) is 22.5 Å². The zero-order chi connectivity index (χ0) is 34.4. The molecule has 0 bridgehead atoms. The average molecular weight is 677 g/mol. The lowest BCUT2D eigenvalue weighted by Crippen LogP contribution is -2.46. The number of hydrogen-bond donors (Lipinski definition) is 6. The fourth-order valence-corrected chi connectivity index (χ4v) is 8.50. The second-order valence-corrected chi connectivity index (χ2v) is 13.3. The van der Waals surface area contributed by atoms with Crippen LogP contribution in [0.3, 0.4) is 0 Å². The lowest BCUT2D eigenvalue weighted by molar-refractivity contribution is -0.143. The van der Waals surface area contributed by atoms with Crippen molar-refractivity contribution < 1.29 is 19.8 Å². The molecule has 0 aromatic heterocycles. The van der Waals surface area contributed by atoms with Gasteiger partial charge in [0.15, 0.2) is 0 Å². The first kappa shape index (κ1) is 32.7. The Morgan fingerprint density at radius 3 is 1.35 bits per heavy atom. The van der Waals surface area contributed by atoms with E-state index in [0.717, 1.165) is 20.9 Å². The molecule has 0 amide bonds.